The van der Waals surface area contributed by atoms with E-state index in [0.29, 0.717) is 0 Å². The van der Waals surface area contributed by atoms with Gasteiger partial charge in [-0.15, -0.1) is 0 Å². The summed E-state index contributed by atoms with van der Waals surface area (Å²) in [5.74, 6) is 0. The molecule has 0 aromatic heterocycles. The molecule has 1 aromatic rings. The van der Waals surface area contributed by atoms with Gasteiger partial charge in [0.25, 0.3) is 0 Å². The maximum atomic E-state index is 11.6. The topological polar surface area (TPSA) is 50.4 Å². The van der Waals surface area contributed by atoms with Gasteiger partial charge in [-0.05, 0) is 51.4 Å². The number of carbonyl (C=O) groups excluding carboxylic acids is 1. The summed E-state index contributed by atoms with van der Waals surface area (Å²) in [6.45, 7) is 9.60. The summed E-state index contributed by atoms with van der Waals surface area (Å²) in [6, 6.07) is 7.79. The molecule has 0 bridgehead atoms. The molecule has 2 N–H and O–H groups in total. The molecule has 4 nitrogen and oxygen atoms in total. The first-order valence-corrected chi connectivity index (χ1v) is 7.20. The lowest BCUT2D eigenvalue weighted by Crippen LogP contribution is -2.27. The fourth-order valence-corrected chi connectivity index (χ4v) is 1.66. The third-order valence-electron chi connectivity index (χ3n) is 2.64. The predicted molar refractivity (Wildman–Crippen MR) is 82.9 cm³/mol. The van der Waals surface area contributed by atoms with Crippen molar-refractivity contribution in [3.05, 3.63) is 29.8 Å². The minimum Gasteiger partial charge on any atom is -0.444 e. The number of rotatable bonds is 6. The van der Waals surface area contributed by atoms with Crippen molar-refractivity contribution >= 4 is 11.8 Å². The van der Waals surface area contributed by atoms with Gasteiger partial charge in [-0.1, -0.05) is 25.5 Å². The van der Waals surface area contributed by atoms with E-state index in [4.69, 9.17) is 4.74 Å². The number of carbonyl (C=O) groups is 1. The van der Waals surface area contributed by atoms with Crippen LogP contribution in [0.3, 0.4) is 0 Å². The van der Waals surface area contributed by atoms with Gasteiger partial charge in [0.15, 0.2) is 0 Å². The molecule has 0 atom stereocenters. The van der Waals surface area contributed by atoms with E-state index in [1.54, 1.807) is 0 Å². The number of benzene rings is 1. The van der Waals surface area contributed by atoms with Crippen LogP contribution < -0.4 is 10.6 Å². The highest BCUT2D eigenvalue weighted by Crippen LogP contribution is 2.12. The molecular weight excluding hydrogens is 252 g/mol. The van der Waals surface area contributed by atoms with Crippen molar-refractivity contribution in [3.63, 3.8) is 0 Å². The number of unbranched alkanes of at least 4 members (excludes halogenated alkanes) is 1. The molecule has 0 aliphatic carbocycles. The molecule has 0 aliphatic rings. The smallest absolute Gasteiger partial charge is 0.412 e. The Morgan fingerprint density at radius 1 is 1.20 bits per heavy atom. The Hall–Kier alpha value is -1.55. The van der Waals surface area contributed by atoms with Crippen molar-refractivity contribution in [1.82, 2.24) is 5.32 Å². The Balaban J connectivity index is 2.40. The van der Waals surface area contributed by atoms with Gasteiger partial charge in [0.05, 0.1) is 0 Å². The second kappa shape index (κ2) is 7.90. The van der Waals surface area contributed by atoms with Crippen molar-refractivity contribution in [1.29, 1.82) is 0 Å². The monoisotopic (exact) mass is 278 g/mol. The van der Waals surface area contributed by atoms with Gasteiger partial charge < -0.3 is 10.1 Å². The minimum atomic E-state index is -0.479. The summed E-state index contributed by atoms with van der Waals surface area (Å²) >= 11 is 0. The van der Waals surface area contributed by atoms with Crippen LogP contribution in [0.25, 0.3) is 0 Å². The van der Waals surface area contributed by atoms with Crippen LogP contribution in [0.15, 0.2) is 24.3 Å². The van der Waals surface area contributed by atoms with E-state index in [1.807, 2.05) is 45.0 Å². The number of anilines is 1. The molecule has 0 saturated carbocycles. The molecule has 112 valence electrons. The predicted octanol–water partition coefficient (Wildman–Crippen LogP) is 3.92. The summed E-state index contributed by atoms with van der Waals surface area (Å²) in [7, 11) is 0. The lowest BCUT2D eigenvalue weighted by atomic mass is 10.2. The van der Waals surface area contributed by atoms with Crippen LogP contribution in [-0.2, 0) is 11.3 Å². The lowest BCUT2D eigenvalue weighted by Gasteiger charge is -2.19. The van der Waals surface area contributed by atoms with Crippen LogP contribution >= 0.6 is 0 Å². The largest absolute Gasteiger partial charge is 0.444 e. The molecule has 4 heteroatoms. The van der Waals surface area contributed by atoms with Crippen molar-refractivity contribution in [2.24, 2.45) is 0 Å². The molecule has 1 rings (SSSR count). The van der Waals surface area contributed by atoms with Crippen molar-refractivity contribution in [3.8, 4) is 0 Å². The average Bonchev–Trinajstić information content (AvgIpc) is 2.34. The van der Waals surface area contributed by atoms with Gasteiger partial charge in [-0.2, -0.15) is 0 Å². The lowest BCUT2D eigenvalue weighted by molar-refractivity contribution is 0.0636. The summed E-state index contributed by atoms with van der Waals surface area (Å²) < 4.78 is 5.20. The Bertz CT molecular complexity index is 407. The Labute approximate surface area is 121 Å². The highest BCUT2D eigenvalue weighted by molar-refractivity contribution is 5.84. The molecule has 0 saturated heterocycles. The van der Waals surface area contributed by atoms with E-state index < -0.39 is 11.7 Å². The highest BCUT2D eigenvalue weighted by atomic mass is 16.6. The third kappa shape index (κ3) is 7.14. The second-order valence-corrected chi connectivity index (χ2v) is 5.85. The van der Waals surface area contributed by atoms with E-state index in [0.717, 1.165) is 18.8 Å². The molecule has 20 heavy (non-hydrogen) atoms. The zero-order chi connectivity index (χ0) is 15.0. The van der Waals surface area contributed by atoms with Crippen LogP contribution in [-0.4, -0.2) is 18.2 Å². The molecule has 0 unspecified atom stereocenters. The number of ether oxygens (including phenoxy) is 1. The first-order valence-electron chi connectivity index (χ1n) is 7.20. The summed E-state index contributed by atoms with van der Waals surface area (Å²) in [6.07, 6.45) is 1.97. The van der Waals surface area contributed by atoms with Gasteiger partial charge in [-0.3, -0.25) is 5.32 Å². The van der Waals surface area contributed by atoms with E-state index in [2.05, 4.69) is 17.6 Å². The van der Waals surface area contributed by atoms with Gasteiger partial charge in [0.1, 0.15) is 5.60 Å². The number of hydrogen-bond acceptors (Lipinski definition) is 3. The molecule has 1 amide bonds. The van der Waals surface area contributed by atoms with Crippen LogP contribution in [0.4, 0.5) is 10.5 Å². The van der Waals surface area contributed by atoms with Gasteiger partial charge >= 0.3 is 6.09 Å². The summed E-state index contributed by atoms with van der Waals surface area (Å²) in [5.41, 5.74) is 1.47. The molecule has 0 aliphatic heterocycles. The first kappa shape index (κ1) is 16.5. The van der Waals surface area contributed by atoms with E-state index >= 15 is 0 Å². The third-order valence-corrected chi connectivity index (χ3v) is 2.64. The normalized spacial score (nSPS) is 11.2. The quantitative estimate of drug-likeness (QED) is 0.775. The van der Waals surface area contributed by atoms with E-state index in [9.17, 15) is 4.79 Å². The van der Waals surface area contributed by atoms with E-state index in [1.165, 1.54) is 18.4 Å². The van der Waals surface area contributed by atoms with Crippen LogP contribution in [0.2, 0.25) is 0 Å². The number of nitrogens with one attached hydrogen (secondary N) is 2. The summed E-state index contributed by atoms with van der Waals surface area (Å²) in [5, 5.41) is 6.10. The maximum absolute atomic E-state index is 11.6. The van der Waals surface area contributed by atoms with Crippen LogP contribution in [0, 0.1) is 0 Å². The molecule has 0 fully saturated rings. The molecular formula is C16H26N2O2. The minimum absolute atomic E-state index is 0.425. The van der Waals surface area contributed by atoms with Crippen molar-refractivity contribution < 1.29 is 9.53 Å². The summed E-state index contributed by atoms with van der Waals surface area (Å²) in [4.78, 5) is 11.6. The molecule has 0 radical (unpaired) electrons. The van der Waals surface area contributed by atoms with Gasteiger partial charge in [0.2, 0.25) is 0 Å². The fraction of sp³-hybridized carbons (Fsp3) is 0.562. The molecule has 0 spiro atoms. The standard InChI is InChI=1S/C16H26N2O2/c1-5-6-11-17-12-13-7-9-14(10-8-13)18-15(19)20-16(2,3)4/h7-10,17H,5-6,11-12H2,1-4H3,(H,18,19). The molecule has 1 aromatic carbocycles. The maximum Gasteiger partial charge on any atom is 0.412 e. The SMILES string of the molecule is CCCCNCc1ccc(NC(=O)OC(C)(C)C)cc1. The van der Waals surface area contributed by atoms with Gasteiger partial charge in [-0.25, -0.2) is 4.79 Å². The molecule has 0 heterocycles. The average molecular weight is 278 g/mol. The fourth-order valence-electron chi connectivity index (χ4n) is 1.66. The van der Waals surface area contributed by atoms with Crippen molar-refractivity contribution in [2.45, 2.75) is 52.7 Å². The zero-order valence-electron chi connectivity index (χ0n) is 13.0. The highest BCUT2D eigenvalue weighted by Gasteiger charge is 2.15. The Kier molecular flexibility index (Phi) is 6.52. The Morgan fingerprint density at radius 3 is 2.40 bits per heavy atom. The van der Waals surface area contributed by atoms with E-state index in [-0.39, 0.29) is 0 Å². The number of hydrogen-bond donors (Lipinski definition) is 2. The zero-order valence-corrected chi connectivity index (χ0v) is 13.0. The first-order chi connectivity index (χ1) is 9.40. The Morgan fingerprint density at radius 2 is 1.85 bits per heavy atom. The second-order valence-electron chi connectivity index (χ2n) is 5.85. The van der Waals surface area contributed by atoms with Crippen LogP contribution in [0.5, 0.6) is 0 Å². The van der Waals surface area contributed by atoms with Crippen LogP contribution in [0.1, 0.15) is 46.1 Å². The van der Waals surface area contributed by atoms with Gasteiger partial charge in [0, 0.05) is 12.2 Å². The van der Waals surface area contributed by atoms with Crippen molar-refractivity contribution in [2.75, 3.05) is 11.9 Å². The number of amides is 1.